The molecule has 0 radical (unpaired) electrons. The molecule has 0 aliphatic carbocycles. The van der Waals surface area contributed by atoms with Crippen molar-refractivity contribution in [3.8, 4) is 0 Å². The summed E-state index contributed by atoms with van der Waals surface area (Å²) in [6.07, 6.45) is 1.70. The summed E-state index contributed by atoms with van der Waals surface area (Å²) < 4.78 is 0. The Labute approximate surface area is 100 Å². The van der Waals surface area contributed by atoms with Crippen LogP contribution < -0.4 is 5.73 Å². The van der Waals surface area contributed by atoms with E-state index in [2.05, 4.69) is 9.97 Å². The molecular weight excluding hydrogens is 210 g/mol. The van der Waals surface area contributed by atoms with Crippen molar-refractivity contribution in [3.63, 3.8) is 0 Å². The number of anilines is 1. The van der Waals surface area contributed by atoms with Crippen LogP contribution in [0.4, 0.5) is 5.69 Å². The number of fused-ring (bicyclic) bond motifs is 1. The van der Waals surface area contributed by atoms with Crippen LogP contribution in [0.15, 0.2) is 54.9 Å². The van der Waals surface area contributed by atoms with Crippen molar-refractivity contribution >= 4 is 16.7 Å². The van der Waals surface area contributed by atoms with E-state index < -0.39 is 0 Å². The fourth-order valence-electron chi connectivity index (χ4n) is 1.47. The van der Waals surface area contributed by atoms with Crippen LogP contribution in [0.1, 0.15) is 5.56 Å². The first-order valence-corrected chi connectivity index (χ1v) is 5.46. The summed E-state index contributed by atoms with van der Waals surface area (Å²) in [4.78, 5) is 7.07. The number of imidazole rings is 1. The van der Waals surface area contributed by atoms with E-state index in [9.17, 15) is 0 Å². The highest BCUT2D eigenvalue weighted by Gasteiger charge is 1.88. The Morgan fingerprint density at radius 2 is 1.71 bits per heavy atom. The maximum absolute atomic E-state index is 5.52. The van der Waals surface area contributed by atoms with Crippen molar-refractivity contribution in [1.29, 1.82) is 0 Å². The van der Waals surface area contributed by atoms with Gasteiger partial charge in [0.15, 0.2) is 0 Å². The molecule has 0 spiro atoms. The van der Waals surface area contributed by atoms with Crippen molar-refractivity contribution in [2.24, 2.45) is 0 Å². The van der Waals surface area contributed by atoms with Gasteiger partial charge in [-0.2, -0.15) is 0 Å². The maximum atomic E-state index is 5.52. The van der Waals surface area contributed by atoms with Crippen LogP contribution >= 0.6 is 0 Å². The quantitative estimate of drug-likeness (QED) is 0.577. The predicted octanol–water partition coefficient (Wildman–Crippen LogP) is 3.14. The Morgan fingerprint density at radius 3 is 2.35 bits per heavy atom. The third kappa shape index (κ3) is 2.84. The fourth-order valence-corrected chi connectivity index (χ4v) is 1.47. The molecule has 0 aliphatic heterocycles. The number of aryl methyl sites for hydroxylation is 1. The second kappa shape index (κ2) is 5.16. The Kier molecular flexibility index (Phi) is 3.40. The number of hydrogen-bond donors (Lipinski definition) is 2. The van der Waals surface area contributed by atoms with Crippen molar-refractivity contribution in [2.75, 3.05) is 5.73 Å². The van der Waals surface area contributed by atoms with E-state index in [1.807, 2.05) is 55.5 Å². The molecule has 1 aromatic heterocycles. The van der Waals surface area contributed by atoms with Gasteiger partial charge in [-0.25, -0.2) is 4.98 Å². The molecule has 0 bridgehead atoms. The zero-order chi connectivity index (χ0) is 12.1. The first kappa shape index (κ1) is 11.2. The topological polar surface area (TPSA) is 54.7 Å². The van der Waals surface area contributed by atoms with Gasteiger partial charge in [-0.1, -0.05) is 30.3 Å². The van der Waals surface area contributed by atoms with Crippen LogP contribution in [-0.2, 0) is 0 Å². The second-order valence-corrected chi connectivity index (χ2v) is 3.78. The zero-order valence-electron chi connectivity index (χ0n) is 9.72. The molecule has 3 nitrogen and oxygen atoms in total. The number of para-hydroxylation sites is 3. The molecule has 17 heavy (non-hydrogen) atoms. The summed E-state index contributed by atoms with van der Waals surface area (Å²) in [7, 11) is 0. The number of rotatable bonds is 0. The van der Waals surface area contributed by atoms with Crippen LogP contribution in [-0.4, -0.2) is 9.97 Å². The van der Waals surface area contributed by atoms with Gasteiger partial charge in [-0.3, -0.25) is 0 Å². The molecule has 86 valence electrons. The molecule has 0 atom stereocenters. The summed E-state index contributed by atoms with van der Waals surface area (Å²) in [6, 6.07) is 15.7. The molecule has 3 rings (SSSR count). The standard InChI is InChI=1S/C7H6N2.C7H9N/c1-2-4-7-6(3-1)8-5-9-7;1-6-4-2-3-5-7(6)8/h1-5H,(H,8,9);2-5H,8H2,1H3. The zero-order valence-corrected chi connectivity index (χ0v) is 9.72. The van der Waals surface area contributed by atoms with E-state index in [1.165, 1.54) is 0 Å². The monoisotopic (exact) mass is 225 g/mol. The van der Waals surface area contributed by atoms with E-state index in [0.717, 1.165) is 22.3 Å². The molecular formula is C14H15N3. The summed E-state index contributed by atoms with van der Waals surface area (Å²) in [6.45, 7) is 2.00. The lowest BCUT2D eigenvalue weighted by atomic mass is 10.2. The Bertz CT molecular complexity index is 548. The molecule has 2 aromatic carbocycles. The number of nitrogen functional groups attached to an aromatic ring is 1. The van der Waals surface area contributed by atoms with Gasteiger partial charge >= 0.3 is 0 Å². The minimum atomic E-state index is 0.868. The van der Waals surface area contributed by atoms with Gasteiger partial charge in [0.2, 0.25) is 0 Å². The smallest absolute Gasteiger partial charge is 0.0931 e. The highest BCUT2D eigenvalue weighted by Crippen LogP contribution is 2.06. The van der Waals surface area contributed by atoms with E-state index >= 15 is 0 Å². The van der Waals surface area contributed by atoms with Crippen LogP contribution in [0.3, 0.4) is 0 Å². The SMILES string of the molecule is Cc1ccccc1N.c1ccc2[nH]cnc2c1. The lowest BCUT2D eigenvalue weighted by Gasteiger charge is -1.93. The van der Waals surface area contributed by atoms with E-state index in [0.29, 0.717) is 0 Å². The van der Waals surface area contributed by atoms with Crippen LogP contribution in [0.2, 0.25) is 0 Å². The molecule has 3 N–H and O–H groups in total. The third-order valence-electron chi connectivity index (χ3n) is 2.52. The fraction of sp³-hybridized carbons (Fsp3) is 0.0714. The van der Waals surface area contributed by atoms with Crippen LogP contribution in [0.5, 0.6) is 0 Å². The normalized spacial score (nSPS) is 9.71. The lowest BCUT2D eigenvalue weighted by molar-refractivity contribution is 1.34. The highest BCUT2D eigenvalue weighted by molar-refractivity contribution is 5.73. The van der Waals surface area contributed by atoms with E-state index in [1.54, 1.807) is 6.33 Å². The van der Waals surface area contributed by atoms with Gasteiger partial charge in [-0.15, -0.1) is 0 Å². The number of aromatic amines is 1. The van der Waals surface area contributed by atoms with Crippen molar-refractivity contribution in [1.82, 2.24) is 9.97 Å². The molecule has 0 aliphatic rings. The first-order valence-electron chi connectivity index (χ1n) is 5.46. The van der Waals surface area contributed by atoms with Gasteiger partial charge < -0.3 is 10.7 Å². The van der Waals surface area contributed by atoms with E-state index in [-0.39, 0.29) is 0 Å². The van der Waals surface area contributed by atoms with Gasteiger partial charge in [0, 0.05) is 5.69 Å². The largest absolute Gasteiger partial charge is 0.399 e. The average molecular weight is 225 g/mol. The number of benzene rings is 2. The Hall–Kier alpha value is -2.29. The van der Waals surface area contributed by atoms with Crippen molar-refractivity contribution < 1.29 is 0 Å². The summed E-state index contributed by atoms with van der Waals surface area (Å²) in [5.74, 6) is 0. The summed E-state index contributed by atoms with van der Waals surface area (Å²) in [5.41, 5.74) is 9.65. The third-order valence-corrected chi connectivity index (χ3v) is 2.52. The molecule has 0 amide bonds. The number of nitrogens with one attached hydrogen (secondary N) is 1. The molecule has 0 saturated heterocycles. The molecule has 0 saturated carbocycles. The van der Waals surface area contributed by atoms with Crippen molar-refractivity contribution in [3.05, 3.63) is 60.4 Å². The van der Waals surface area contributed by atoms with Gasteiger partial charge in [0.25, 0.3) is 0 Å². The average Bonchev–Trinajstić information content (AvgIpc) is 2.82. The summed E-state index contributed by atoms with van der Waals surface area (Å²) >= 11 is 0. The Balaban J connectivity index is 0.000000128. The number of nitrogens with zero attached hydrogens (tertiary/aromatic N) is 1. The predicted molar refractivity (Wildman–Crippen MR) is 71.7 cm³/mol. The molecule has 0 unspecified atom stereocenters. The molecule has 1 heterocycles. The molecule has 0 fully saturated rings. The number of nitrogens with two attached hydrogens (primary N) is 1. The minimum absolute atomic E-state index is 0.868. The second-order valence-electron chi connectivity index (χ2n) is 3.78. The van der Waals surface area contributed by atoms with Gasteiger partial charge in [0.1, 0.15) is 0 Å². The first-order chi connectivity index (χ1) is 8.27. The lowest BCUT2D eigenvalue weighted by Crippen LogP contribution is -1.85. The molecule has 3 aromatic rings. The van der Waals surface area contributed by atoms with E-state index in [4.69, 9.17) is 5.73 Å². The summed E-state index contributed by atoms with van der Waals surface area (Å²) in [5, 5.41) is 0. The minimum Gasteiger partial charge on any atom is -0.399 e. The van der Waals surface area contributed by atoms with Crippen molar-refractivity contribution in [2.45, 2.75) is 6.92 Å². The molecule has 3 heteroatoms. The van der Waals surface area contributed by atoms with Crippen LogP contribution in [0.25, 0.3) is 11.0 Å². The number of hydrogen-bond acceptors (Lipinski definition) is 2. The maximum Gasteiger partial charge on any atom is 0.0931 e. The number of aromatic nitrogens is 2. The van der Waals surface area contributed by atoms with Gasteiger partial charge in [-0.05, 0) is 30.7 Å². The number of H-pyrrole nitrogens is 1. The van der Waals surface area contributed by atoms with Gasteiger partial charge in [0.05, 0.1) is 17.4 Å². The highest BCUT2D eigenvalue weighted by atomic mass is 14.9. The van der Waals surface area contributed by atoms with Crippen LogP contribution in [0, 0.1) is 6.92 Å². The Morgan fingerprint density at radius 1 is 1.00 bits per heavy atom.